The van der Waals surface area contributed by atoms with E-state index in [2.05, 4.69) is 80.2 Å². The van der Waals surface area contributed by atoms with Crippen LogP contribution >= 0.6 is 0 Å². The Morgan fingerprint density at radius 1 is 1.07 bits per heavy atom. The number of nitrogens with zero attached hydrogens (tertiary/aromatic N) is 4. The van der Waals surface area contributed by atoms with Gasteiger partial charge in [-0.15, -0.1) is 0 Å². The van der Waals surface area contributed by atoms with Crippen LogP contribution in [0.1, 0.15) is 35.7 Å². The van der Waals surface area contributed by atoms with Gasteiger partial charge in [0.05, 0.1) is 6.20 Å². The zero-order chi connectivity index (χ0) is 20.3. The van der Waals surface area contributed by atoms with E-state index in [0.29, 0.717) is 5.92 Å². The highest BCUT2D eigenvalue weighted by molar-refractivity contribution is 5.66. The van der Waals surface area contributed by atoms with Crippen LogP contribution in [-0.4, -0.2) is 37.7 Å². The Labute approximate surface area is 177 Å². The fraction of sp³-hybridized carbons (Fsp3) is 0.280. The molecule has 1 fully saturated rings. The number of aryl methyl sites for hydroxylation is 1. The summed E-state index contributed by atoms with van der Waals surface area (Å²) >= 11 is 0. The van der Waals surface area contributed by atoms with Gasteiger partial charge in [-0.1, -0.05) is 35.9 Å². The van der Waals surface area contributed by atoms with Crippen molar-refractivity contribution < 1.29 is 0 Å². The lowest BCUT2D eigenvalue weighted by Gasteiger charge is -2.32. The number of nitrogens with one attached hydrogen (secondary N) is 1. The van der Waals surface area contributed by atoms with Gasteiger partial charge in [0.1, 0.15) is 5.82 Å². The van der Waals surface area contributed by atoms with Crippen LogP contribution in [0.5, 0.6) is 0 Å². The summed E-state index contributed by atoms with van der Waals surface area (Å²) < 4.78 is 2.19. The van der Waals surface area contributed by atoms with Crippen molar-refractivity contribution in [3.63, 3.8) is 0 Å². The molecule has 5 heteroatoms. The molecule has 0 aliphatic carbocycles. The van der Waals surface area contributed by atoms with Gasteiger partial charge in [-0.2, -0.15) is 5.10 Å². The average Bonchev–Trinajstić information content (AvgIpc) is 3.45. The second-order valence-electron chi connectivity index (χ2n) is 8.20. The van der Waals surface area contributed by atoms with Crippen molar-refractivity contribution in [1.82, 2.24) is 24.6 Å². The number of benzene rings is 1. The van der Waals surface area contributed by atoms with Gasteiger partial charge >= 0.3 is 0 Å². The molecule has 0 bridgehead atoms. The number of piperidine rings is 1. The zero-order valence-corrected chi connectivity index (χ0v) is 17.3. The lowest BCUT2D eigenvalue weighted by molar-refractivity contribution is 0.195. The molecule has 0 amide bonds. The molecule has 30 heavy (non-hydrogen) atoms. The van der Waals surface area contributed by atoms with E-state index in [1.807, 2.05) is 24.5 Å². The van der Waals surface area contributed by atoms with E-state index in [-0.39, 0.29) is 0 Å². The van der Waals surface area contributed by atoms with Gasteiger partial charge in [-0.05, 0) is 56.1 Å². The molecule has 0 spiro atoms. The molecule has 4 aromatic rings. The number of hydrogen-bond donors (Lipinski definition) is 1. The van der Waals surface area contributed by atoms with Gasteiger partial charge < -0.3 is 4.57 Å². The van der Waals surface area contributed by atoms with Crippen molar-refractivity contribution in [2.75, 3.05) is 13.1 Å². The predicted molar refractivity (Wildman–Crippen MR) is 120 cm³/mol. The zero-order valence-electron chi connectivity index (χ0n) is 17.3. The summed E-state index contributed by atoms with van der Waals surface area (Å²) in [4.78, 5) is 7.07. The molecule has 3 aromatic heterocycles. The maximum atomic E-state index is 4.51. The Morgan fingerprint density at radius 2 is 1.97 bits per heavy atom. The fourth-order valence-corrected chi connectivity index (χ4v) is 4.50. The van der Waals surface area contributed by atoms with E-state index in [1.54, 1.807) is 0 Å². The quantitative estimate of drug-likeness (QED) is 0.518. The minimum atomic E-state index is 0.468. The first-order valence-electron chi connectivity index (χ1n) is 10.7. The van der Waals surface area contributed by atoms with Crippen LogP contribution in [0.2, 0.25) is 0 Å². The largest absolute Gasteiger partial charge is 0.304 e. The number of aromatic nitrogens is 4. The predicted octanol–water partition coefficient (Wildman–Crippen LogP) is 4.95. The Bertz CT molecular complexity index is 1090. The standard InChI is InChI=1S/C25H27N5/c1-19-9-11-20(12-10-19)23-16-27-28-25(23)21-6-4-14-29(17-21)18-22-7-5-15-30(22)24-8-2-3-13-26-24/h2-3,5,7-13,15-16,21H,4,6,14,17-18H2,1H3,(H,27,28)/t21-/m1/s1. The summed E-state index contributed by atoms with van der Waals surface area (Å²) in [5.74, 6) is 1.44. The number of rotatable bonds is 5. The second kappa shape index (κ2) is 8.28. The third-order valence-corrected chi connectivity index (χ3v) is 6.06. The van der Waals surface area contributed by atoms with E-state index >= 15 is 0 Å². The molecule has 1 aromatic carbocycles. The van der Waals surface area contributed by atoms with Crippen LogP contribution < -0.4 is 0 Å². The molecule has 1 saturated heterocycles. The highest BCUT2D eigenvalue weighted by Crippen LogP contribution is 2.33. The second-order valence-corrected chi connectivity index (χ2v) is 8.20. The van der Waals surface area contributed by atoms with Crippen LogP contribution in [-0.2, 0) is 6.54 Å². The first-order chi connectivity index (χ1) is 14.8. The van der Waals surface area contributed by atoms with E-state index in [0.717, 1.165) is 25.5 Å². The first kappa shape index (κ1) is 18.8. The summed E-state index contributed by atoms with van der Waals surface area (Å²) in [5, 5.41) is 7.71. The van der Waals surface area contributed by atoms with E-state index in [1.165, 1.54) is 40.9 Å². The number of H-pyrrole nitrogens is 1. The number of aromatic amines is 1. The topological polar surface area (TPSA) is 49.7 Å². The molecule has 4 heterocycles. The molecule has 0 saturated carbocycles. The van der Waals surface area contributed by atoms with E-state index < -0.39 is 0 Å². The molecule has 5 nitrogen and oxygen atoms in total. The molecule has 1 N–H and O–H groups in total. The molecule has 5 rings (SSSR count). The maximum Gasteiger partial charge on any atom is 0.136 e. The summed E-state index contributed by atoms with van der Waals surface area (Å²) in [6, 6.07) is 19.1. The van der Waals surface area contributed by atoms with Gasteiger partial charge in [0, 0.05) is 48.4 Å². The summed E-state index contributed by atoms with van der Waals surface area (Å²) in [5.41, 5.74) is 6.30. The number of pyridine rings is 1. The third-order valence-electron chi connectivity index (χ3n) is 6.06. The molecule has 0 unspecified atom stereocenters. The summed E-state index contributed by atoms with van der Waals surface area (Å²) in [7, 11) is 0. The van der Waals surface area contributed by atoms with Gasteiger partial charge in [-0.25, -0.2) is 4.98 Å². The monoisotopic (exact) mass is 397 g/mol. The third kappa shape index (κ3) is 3.81. The highest BCUT2D eigenvalue weighted by Gasteiger charge is 2.25. The van der Waals surface area contributed by atoms with Crippen LogP contribution in [0.3, 0.4) is 0 Å². The smallest absolute Gasteiger partial charge is 0.136 e. The Balaban J connectivity index is 1.34. The molecular weight excluding hydrogens is 370 g/mol. The van der Waals surface area contributed by atoms with Crippen molar-refractivity contribution in [2.45, 2.75) is 32.2 Å². The fourth-order valence-electron chi connectivity index (χ4n) is 4.50. The molecular formula is C25H27N5. The molecule has 152 valence electrons. The molecule has 0 radical (unpaired) electrons. The average molecular weight is 398 g/mol. The molecule has 1 atom stereocenters. The Hall–Kier alpha value is -3.18. The van der Waals surface area contributed by atoms with Crippen LogP contribution in [0.4, 0.5) is 0 Å². The van der Waals surface area contributed by atoms with Gasteiger partial charge in [0.25, 0.3) is 0 Å². The first-order valence-corrected chi connectivity index (χ1v) is 10.7. The molecule has 1 aliphatic heterocycles. The van der Waals surface area contributed by atoms with Crippen molar-refractivity contribution in [3.05, 3.63) is 90.1 Å². The normalized spacial score (nSPS) is 17.3. The van der Waals surface area contributed by atoms with Gasteiger partial charge in [-0.3, -0.25) is 10.00 Å². The van der Waals surface area contributed by atoms with Gasteiger partial charge in [0.15, 0.2) is 0 Å². The van der Waals surface area contributed by atoms with Crippen LogP contribution in [0, 0.1) is 6.92 Å². The van der Waals surface area contributed by atoms with Gasteiger partial charge in [0.2, 0.25) is 0 Å². The summed E-state index contributed by atoms with van der Waals surface area (Å²) in [6.45, 7) is 5.21. The minimum Gasteiger partial charge on any atom is -0.304 e. The van der Waals surface area contributed by atoms with Crippen molar-refractivity contribution in [2.24, 2.45) is 0 Å². The van der Waals surface area contributed by atoms with Crippen LogP contribution in [0.25, 0.3) is 16.9 Å². The van der Waals surface area contributed by atoms with Crippen LogP contribution in [0.15, 0.2) is 73.2 Å². The van der Waals surface area contributed by atoms with E-state index in [4.69, 9.17) is 0 Å². The Kier molecular flexibility index (Phi) is 5.20. The maximum absolute atomic E-state index is 4.51. The highest BCUT2D eigenvalue weighted by atomic mass is 15.2. The van der Waals surface area contributed by atoms with Crippen molar-refractivity contribution in [3.8, 4) is 16.9 Å². The lowest BCUT2D eigenvalue weighted by Crippen LogP contribution is -2.34. The lowest BCUT2D eigenvalue weighted by atomic mass is 9.90. The number of likely N-dealkylation sites (tertiary alicyclic amines) is 1. The Morgan fingerprint density at radius 3 is 2.80 bits per heavy atom. The number of hydrogen-bond acceptors (Lipinski definition) is 3. The summed E-state index contributed by atoms with van der Waals surface area (Å²) in [6.07, 6.45) is 8.32. The molecule has 1 aliphatic rings. The van der Waals surface area contributed by atoms with Crippen molar-refractivity contribution in [1.29, 1.82) is 0 Å². The SMILES string of the molecule is Cc1ccc(-c2cn[nH]c2[C@@H]2CCCN(Cc3cccn3-c3ccccn3)C2)cc1. The van der Waals surface area contributed by atoms with E-state index in [9.17, 15) is 0 Å². The minimum absolute atomic E-state index is 0.468. The van der Waals surface area contributed by atoms with Crippen molar-refractivity contribution >= 4 is 0 Å².